The fourth-order valence-electron chi connectivity index (χ4n) is 2.35. The van der Waals surface area contributed by atoms with Gasteiger partial charge >= 0.3 is 0 Å². The van der Waals surface area contributed by atoms with Gasteiger partial charge in [-0.2, -0.15) is 5.26 Å². The molecule has 4 heteroatoms. The molecule has 1 aliphatic rings. The van der Waals surface area contributed by atoms with Crippen molar-refractivity contribution in [2.45, 2.75) is 6.42 Å². The summed E-state index contributed by atoms with van der Waals surface area (Å²) in [6.07, 6.45) is 3.04. The zero-order chi connectivity index (χ0) is 12.3. The summed E-state index contributed by atoms with van der Waals surface area (Å²) in [5.74, 6) is 0.737. The van der Waals surface area contributed by atoms with Gasteiger partial charge in [-0.05, 0) is 38.1 Å². The lowest BCUT2D eigenvalue weighted by Gasteiger charge is -2.22. The van der Waals surface area contributed by atoms with Crippen molar-refractivity contribution in [1.29, 1.82) is 5.26 Å². The van der Waals surface area contributed by atoms with Gasteiger partial charge in [0.1, 0.15) is 11.8 Å². The van der Waals surface area contributed by atoms with E-state index in [1.54, 1.807) is 12.3 Å². The van der Waals surface area contributed by atoms with Crippen molar-refractivity contribution in [2.24, 2.45) is 5.92 Å². The number of hydrogen-bond acceptors (Lipinski definition) is 4. The summed E-state index contributed by atoms with van der Waals surface area (Å²) in [7, 11) is 4.25. The Morgan fingerprint density at radius 3 is 2.94 bits per heavy atom. The van der Waals surface area contributed by atoms with E-state index in [4.69, 9.17) is 5.26 Å². The van der Waals surface area contributed by atoms with Crippen LogP contribution in [0.5, 0.6) is 0 Å². The second-order valence-corrected chi connectivity index (χ2v) is 4.81. The fourth-order valence-corrected chi connectivity index (χ4v) is 2.35. The van der Waals surface area contributed by atoms with E-state index in [-0.39, 0.29) is 0 Å². The first kappa shape index (κ1) is 11.9. The van der Waals surface area contributed by atoms with Crippen LogP contribution in [-0.2, 0) is 0 Å². The molecule has 1 saturated heterocycles. The summed E-state index contributed by atoms with van der Waals surface area (Å²) in [6.45, 7) is 3.43. The SMILES string of the molecule is CN1CCC(CN(C)c2ccc(C#N)nc2)C1. The Bertz CT molecular complexity index is 406. The number of likely N-dealkylation sites (tertiary alicyclic amines) is 1. The molecule has 0 bridgehead atoms. The van der Waals surface area contributed by atoms with Crippen LogP contribution in [0, 0.1) is 17.2 Å². The number of nitriles is 1. The molecule has 2 rings (SSSR count). The maximum atomic E-state index is 8.69. The highest BCUT2D eigenvalue weighted by molar-refractivity contribution is 5.45. The van der Waals surface area contributed by atoms with Crippen molar-refractivity contribution in [3.63, 3.8) is 0 Å². The molecule has 1 atom stereocenters. The van der Waals surface area contributed by atoms with Crippen molar-refractivity contribution in [2.75, 3.05) is 38.6 Å². The topological polar surface area (TPSA) is 43.2 Å². The number of aromatic nitrogens is 1. The number of hydrogen-bond donors (Lipinski definition) is 0. The Morgan fingerprint density at radius 1 is 1.59 bits per heavy atom. The number of pyridine rings is 1. The van der Waals surface area contributed by atoms with Crippen LogP contribution in [0.3, 0.4) is 0 Å². The van der Waals surface area contributed by atoms with Gasteiger partial charge in [-0.25, -0.2) is 4.98 Å². The van der Waals surface area contributed by atoms with Gasteiger partial charge in [0.25, 0.3) is 0 Å². The third kappa shape index (κ3) is 2.95. The molecule has 4 nitrogen and oxygen atoms in total. The van der Waals surface area contributed by atoms with Crippen LogP contribution in [0.15, 0.2) is 18.3 Å². The van der Waals surface area contributed by atoms with E-state index < -0.39 is 0 Å². The second-order valence-electron chi connectivity index (χ2n) is 4.81. The minimum atomic E-state index is 0.475. The summed E-state index contributed by atoms with van der Waals surface area (Å²) >= 11 is 0. The zero-order valence-electron chi connectivity index (χ0n) is 10.4. The van der Waals surface area contributed by atoms with Gasteiger partial charge in [-0.15, -0.1) is 0 Å². The van der Waals surface area contributed by atoms with Gasteiger partial charge in [-0.1, -0.05) is 0 Å². The molecule has 0 spiro atoms. The smallest absolute Gasteiger partial charge is 0.140 e. The highest BCUT2D eigenvalue weighted by Crippen LogP contribution is 2.19. The lowest BCUT2D eigenvalue weighted by molar-refractivity contribution is 0.396. The zero-order valence-corrected chi connectivity index (χ0v) is 10.4. The molecule has 0 aromatic carbocycles. The molecule has 2 heterocycles. The molecule has 17 heavy (non-hydrogen) atoms. The van der Waals surface area contributed by atoms with Crippen molar-refractivity contribution >= 4 is 5.69 Å². The van der Waals surface area contributed by atoms with Gasteiger partial charge in [-0.3, -0.25) is 0 Å². The van der Waals surface area contributed by atoms with E-state index in [1.165, 1.54) is 19.5 Å². The Balaban J connectivity index is 1.95. The van der Waals surface area contributed by atoms with Gasteiger partial charge in [0.05, 0.1) is 11.9 Å². The van der Waals surface area contributed by atoms with E-state index in [0.29, 0.717) is 5.69 Å². The Kier molecular flexibility index (Phi) is 3.60. The van der Waals surface area contributed by atoms with Crippen molar-refractivity contribution in [3.8, 4) is 6.07 Å². The average molecular weight is 230 g/mol. The first-order valence-corrected chi connectivity index (χ1v) is 5.95. The summed E-state index contributed by atoms with van der Waals surface area (Å²) in [5.41, 5.74) is 1.56. The van der Waals surface area contributed by atoms with E-state index in [2.05, 4.69) is 28.9 Å². The quantitative estimate of drug-likeness (QED) is 0.786. The van der Waals surface area contributed by atoms with E-state index >= 15 is 0 Å². The van der Waals surface area contributed by atoms with Crippen LogP contribution in [0.4, 0.5) is 5.69 Å². The molecule has 1 aromatic heterocycles. The summed E-state index contributed by atoms with van der Waals surface area (Å²) in [6, 6.07) is 5.77. The van der Waals surface area contributed by atoms with Crippen molar-refractivity contribution in [1.82, 2.24) is 9.88 Å². The third-order valence-corrected chi connectivity index (χ3v) is 3.32. The van der Waals surface area contributed by atoms with Crippen LogP contribution in [0.25, 0.3) is 0 Å². The molecule has 90 valence electrons. The Hall–Kier alpha value is -1.60. The van der Waals surface area contributed by atoms with Gasteiger partial charge in [0, 0.05) is 20.1 Å². The van der Waals surface area contributed by atoms with E-state index in [0.717, 1.165) is 18.2 Å². The summed E-state index contributed by atoms with van der Waals surface area (Å²) in [5, 5.41) is 8.69. The lowest BCUT2D eigenvalue weighted by atomic mass is 10.1. The molecular formula is C13H18N4. The van der Waals surface area contributed by atoms with Gasteiger partial charge in [0.15, 0.2) is 0 Å². The first-order valence-electron chi connectivity index (χ1n) is 5.95. The standard InChI is InChI=1S/C13H18N4/c1-16-6-5-11(9-16)10-17(2)13-4-3-12(7-14)15-8-13/h3-4,8,11H,5-6,9-10H2,1-2H3. The number of nitrogens with zero attached hydrogens (tertiary/aromatic N) is 4. The minimum Gasteiger partial charge on any atom is -0.373 e. The van der Waals surface area contributed by atoms with Crippen LogP contribution < -0.4 is 4.90 Å². The maximum absolute atomic E-state index is 8.69. The molecular weight excluding hydrogens is 212 g/mol. The Labute approximate surface area is 102 Å². The highest BCUT2D eigenvalue weighted by Gasteiger charge is 2.20. The fraction of sp³-hybridized carbons (Fsp3) is 0.538. The monoisotopic (exact) mass is 230 g/mol. The van der Waals surface area contributed by atoms with Crippen LogP contribution in [0.2, 0.25) is 0 Å². The molecule has 1 unspecified atom stereocenters. The third-order valence-electron chi connectivity index (χ3n) is 3.32. The molecule has 1 aromatic rings. The van der Waals surface area contributed by atoms with Crippen LogP contribution >= 0.6 is 0 Å². The molecule has 0 N–H and O–H groups in total. The van der Waals surface area contributed by atoms with E-state index in [9.17, 15) is 0 Å². The largest absolute Gasteiger partial charge is 0.373 e. The first-order chi connectivity index (χ1) is 8.19. The predicted octanol–water partition coefficient (Wildman–Crippen LogP) is 1.34. The molecule has 1 aliphatic heterocycles. The van der Waals surface area contributed by atoms with Gasteiger partial charge < -0.3 is 9.80 Å². The number of anilines is 1. The predicted molar refractivity (Wildman–Crippen MR) is 67.8 cm³/mol. The molecule has 1 fully saturated rings. The Morgan fingerprint density at radius 2 is 2.41 bits per heavy atom. The molecule has 0 aliphatic carbocycles. The molecule has 0 radical (unpaired) electrons. The van der Waals surface area contributed by atoms with Crippen molar-refractivity contribution in [3.05, 3.63) is 24.0 Å². The maximum Gasteiger partial charge on any atom is 0.140 e. The summed E-state index contributed by atoms with van der Waals surface area (Å²) < 4.78 is 0. The molecule has 0 amide bonds. The van der Waals surface area contributed by atoms with Crippen LogP contribution in [0.1, 0.15) is 12.1 Å². The minimum absolute atomic E-state index is 0.475. The van der Waals surface area contributed by atoms with E-state index in [1.807, 2.05) is 12.1 Å². The lowest BCUT2D eigenvalue weighted by Crippen LogP contribution is -2.27. The highest BCUT2D eigenvalue weighted by atomic mass is 15.2. The summed E-state index contributed by atoms with van der Waals surface area (Å²) in [4.78, 5) is 8.69. The van der Waals surface area contributed by atoms with Crippen LogP contribution in [-0.4, -0.2) is 43.6 Å². The molecule has 0 saturated carbocycles. The van der Waals surface area contributed by atoms with Crippen molar-refractivity contribution < 1.29 is 0 Å². The second kappa shape index (κ2) is 5.15. The number of rotatable bonds is 3. The average Bonchev–Trinajstić information content (AvgIpc) is 2.75. The normalized spacial score (nSPS) is 20.2. The van der Waals surface area contributed by atoms with Gasteiger partial charge in [0.2, 0.25) is 0 Å².